The number of ether oxygens (including phenoxy) is 1. The number of esters is 1. The van der Waals surface area contributed by atoms with Crippen molar-refractivity contribution in [3.63, 3.8) is 0 Å². The first-order valence-electron chi connectivity index (χ1n) is 7.06. The van der Waals surface area contributed by atoms with Crippen molar-refractivity contribution >= 4 is 5.97 Å². The van der Waals surface area contributed by atoms with Gasteiger partial charge in [0.25, 0.3) is 0 Å². The quantitative estimate of drug-likeness (QED) is 0.677. The van der Waals surface area contributed by atoms with E-state index in [4.69, 9.17) is 9.15 Å². The minimum Gasteiger partial charge on any atom is -0.463 e. The van der Waals surface area contributed by atoms with E-state index in [0.29, 0.717) is 29.3 Å². The first-order chi connectivity index (χ1) is 10.8. The van der Waals surface area contributed by atoms with Gasteiger partial charge < -0.3 is 9.15 Å². The van der Waals surface area contributed by atoms with E-state index < -0.39 is 0 Å². The fourth-order valence-corrected chi connectivity index (χ4v) is 2.17. The van der Waals surface area contributed by atoms with Crippen LogP contribution >= 0.6 is 0 Å². The normalized spacial score (nSPS) is 10.4. The maximum atomic E-state index is 12.1. The number of rotatable bonds is 4. The highest BCUT2D eigenvalue weighted by atomic mass is 16.5. The monoisotopic (exact) mass is 293 g/mol. The largest absolute Gasteiger partial charge is 0.463 e. The number of hydrogen-bond acceptors (Lipinski definition) is 4. The highest BCUT2D eigenvalue weighted by Gasteiger charge is 2.14. The van der Waals surface area contributed by atoms with Crippen LogP contribution < -0.4 is 0 Å². The molecule has 4 heteroatoms. The molecule has 1 aromatic carbocycles. The Labute approximate surface area is 128 Å². The summed E-state index contributed by atoms with van der Waals surface area (Å²) < 4.78 is 10.5. The lowest BCUT2D eigenvalue weighted by atomic mass is 10.1. The number of carbonyl (C=O) groups is 1. The third-order valence-electron chi connectivity index (χ3n) is 3.18. The van der Waals surface area contributed by atoms with E-state index in [1.54, 1.807) is 31.4 Å². The van der Waals surface area contributed by atoms with Crippen LogP contribution in [0.1, 0.15) is 17.3 Å². The minimum absolute atomic E-state index is 0.331. The molecule has 2 heterocycles. The molecule has 2 aromatic heterocycles. The molecule has 110 valence electrons. The molecule has 0 atom stereocenters. The summed E-state index contributed by atoms with van der Waals surface area (Å²) in [6.07, 6.45) is 1.58. The van der Waals surface area contributed by atoms with E-state index >= 15 is 0 Å². The third-order valence-corrected chi connectivity index (χ3v) is 3.18. The minimum atomic E-state index is -0.366. The van der Waals surface area contributed by atoms with Gasteiger partial charge in [-0.15, -0.1) is 0 Å². The molecule has 0 bridgehead atoms. The van der Waals surface area contributed by atoms with Crippen molar-refractivity contribution in [2.75, 3.05) is 6.61 Å². The van der Waals surface area contributed by atoms with Crippen molar-refractivity contribution in [3.8, 4) is 22.7 Å². The van der Waals surface area contributed by atoms with Crippen molar-refractivity contribution in [2.24, 2.45) is 0 Å². The standard InChI is InChI=1S/C18H15NO3/c1-2-21-18(20)14-11-15(13-7-4-3-5-8-13)19-16(12-14)17-9-6-10-22-17/h3-12H,2H2,1H3. The number of aromatic nitrogens is 1. The predicted molar refractivity (Wildman–Crippen MR) is 83.3 cm³/mol. The Morgan fingerprint density at radius 1 is 1.09 bits per heavy atom. The van der Waals surface area contributed by atoms with Crippen LogP contribution in [-0.4, -0.2) is 17.6 Å². The van der Waals surface area contributed by atoms with Gasteiger partial charge in [0.15, 0.2) is 5.76 Å². The molecule has 0 spiro atoms. The van der Waals surface area contributed by atoms with Crippen LogP contribution in [-0.2, 0) is 4.74 Å². The average molecular weight is 293 g/mol. The van der Waals surface area contributed by atoms with Gasteiger partial charge in [0.05, 0.1) is 24.1 Å². The molecule has 0 aliphatic rings. The lowest BCUT2D eigenvalue weighted by molar-refractivity contribution is 0.0526. The Hall–Kier alpha value is -2.88. The Morgan fingerprint density at radius 2 is 1.86 bits per heavy atom. The van der Waals surface area contributed by atoms with Gasteiger partial charge in [0.2, 0.25) is 0 Å². The van der Waals surface area contributed by atoms with Crippen LogP contribution in [0, 0.1) is 0 Å². The molecule has 0 saturated carbocycles. The second-order valence-corrected chi connectivity index (χ2v) is 4.69. The van der Waals surface area contributed by atoms with Gasteiger partial charge in [-0.25, -0.2) is 9.78 Å². The zero-order valence-electron chi connectivity index (χ0n) is 12.2. The summed E-state index contributed by atoms with van der Waals surface area (Å²) in [6.45, 7) is 2.11. The van der Waals surface area contributed by atoms with Crippen LogP contribution in [0.25, 0.3) is 22.7 Å². The average Bonchev–Trinajstić information content (AvgIpc) is 3.10. The Bertz CT molecular complexity index is 764. The molecule has 3 aromatic rings. The summed E-state index contributed by atoms with van der Waals surface area (Å²) in [5.74, 6) is 0.248. The van der Waals surface area contributed by atoms with Crippen LogP contribution in [0.3, 0.4) is 0 Å². The van der Waals surface area contributed by atoms with Crippen molar-refractivity contribution in [1.29, 1.82) is 0 Å². The van der Waals surface area contributed by atoms with Gasteiger partial charge in [-0.1, -0.05) is 30.3 Å². The van der Waals surface area contributed by atoms with Crippen LogP contribution in [0.4, 0.5) is 0 Å². The van der Waals surface area contributed by atoms with E-state index in [-0.39, 0.29) is 5.97 Å². The fraction of sp³-hybridized carbons (Fsp3) is 0.111. The molecule has 0 N–H and O–H groups in total. The molecule has 4 nitrogen and oxygen atoms in total. The molecule has 22 heavy (non-hydrogen) atoms. The molecular formula is C18H15NO3. The summed E-state index contributed by atoms with van der Waals surface area (Å²) in [4.78, 5) is 16.7. The topological polar surface area (TPSA) is 52.3 Å². The number of furan rings is 1. The second kappa shape index (κ2) is 6.26. The lowest BCUT2D eigenvalue weighted by Gasteiger charge is -2.08. The Morgan fingerprint density at radius 3 is 2.55 bits per heavy atom. The van der Waals surface area contributed by atoms with E-state index in [9.17, 15) is 4.79 Å². The molecule has 0 radical (unpaired) electrons. The van der Waals surface area contributed by atoms with Crippen molar-refractivity contribution in [3.05, 3.63) is 66.4 Å². The summed E-state index contributed by atoms with van der Waals surface area (Å²) in [5, 5.41) is 0. The maximum Gasteiger partial charge on any atom is 0.338 e. The number of carbonyl (C=O) groups excluding carboxylic acids is 1. The van der Waals surface area contributed by atoms with Crippen LogP contribution in [0.5, 0.6) is 0 Å². The predicted octanol–water partition coefficient (Wildman–Crippen LogP) is 4.19. The molecule has 0 aliphatic carbocycles. The van der Waals surface area contributed by atoms with E-state index in [0.717, 1.165) is 5.56 Å². The second-order valence-electron chi connectivity index (χ2n) is 4.69. The van der Waals surface area contributed by atoms with Crippen LogP contribution in [0.2, 0.25) is 0 Å². The first kappa shape index (κ1) is 14.1. The van der Waals surface area contributed by atoms with Gasteiger partial charge in [0.1, 0.15) is 5.69 Å². The number of pyridine rings is 1. The van der Waals surface area contributed by atoms with Crippen molar-refractivity contribution < 1.29 is 13.9 Å². The third kappa shape index (κ3) is 2.91. The first-order valence-corrected chi connectivity index (χ1v) is 7.06. The molecule has 0 aliphatic heterocycles. The summed E-state index contributed by atoms with van der Waals surface area (Å²) >= 11 is 0. The molecule has 0 fully saturated rings. The Kier molecular flexibility index (Phi) is 4.01. The van der Waals surface area contributed by atoms with E-state index in [1.165, 1.54) is 0 Å². The van der Waals surface area contributed by atoms with Crippen LogP contribution in [0.15, 0.2) is 65.3 Å². The van der Waals surface area contributed by atoms with Gasteiger partial charge in [0, 0.05) is 5.56 Å². The molecular weight excluding hydrogens is 278 g/mol. The van der Waals surface area contributed by atoms with E-state index in [1.807, 2.05) is 36.4 Å². The smallest absolute Gasteiger partial charge is 0.338 e. The molecule has 0 unspecified atom stereocenters. The fourth-order valence-electron chi connectivity index (χ4n) is 2.17. The van der Waals surface area contributed by atoms with Gasteiger partial charge in [-0.3, -0.25) is 0 Å². The number of nitrogens with zero attached hydrogens (tertiary/aromatic N) is 1. The van der Waals surface area contributed by atoms with Crippen molar-refractivity contribution in [1.82, 2.24) is 4.98 Å². The number of hydrogen-bond donors (Lipinski definition) is 0. The SMILES string of the molecule is CCOC(=O)c1cc(-c2ccccc2)nc(-c2ccco2)c1. The lowest BCUT2D eigenvalue weighted by Crippen LogP contribution is -2.06. The van der Waals surface area contributed by atoms with Gasteiger partial charge in [-0.2, -0.15) is 0 Å². The van der Waals surface area contributed by atoms with E-state index in [2.05, 4.69) is 4.98 Å². The van der Waals surface area contributed by atoms with Gasteiger partial charge >= 0.3 is 5.97 Å². The molecule has 3 rings (SSSR count). The highest BCUT2D eigenvalue weighted by molar-refractivity contribution is 5.92. The zero-order valence-corrected chi connectivity index (χ0v) is 12.2. The number of benzene rings is 1. The van der Waals surface area contributed by atoms with Gasteiger partial charge in [-0.05, 0) is 31.2 Å². The summed E-state index contributed by atoms with van der Waals surface area (Å²) in [5.41, 5.74) is 2.70. The van der Waals surface area contributed by atoms with Crippen molar-refractivity contribution in [2.45, 2.75) is 6.92 Å². The highest BCUT2D eigenvalue weighted by Crippen LogP contribution is 2.25. The molecule has 0 amide bonds. The maximum absolute atomic E-state index is 12.1. The summed E-state index contributed by atoms with van der Waals surface area (Å²) in [7, 11) is 0. The molecule has 0 saturated heterocycles. The summed E-state index contributed by atoms with van der Waals surface area (Å²) in [6, 6.07) is 16.7. The Balaban J connectivity index is 2.12. The zero-order chi connectivity index (χ0) is 15.4.